The van der Waals surface area contributed by atoms with Crippen LogP contribution in [0.15, 0.2) is 48.5 Å². The second-order valence-corrected chi connectivity index (χ2v) is 9.81. The molecule has 2 aromatic rings. The van der Waals surface area contributed by atoms with E-state index in [-0.39, 0.29) is 36.8 Å². The molecule has 0 aromatic heterocycles. The van der Waals surface area contributed by atoms with Gasteiger partial charge in [-0.25, -0.2) is 4.79 Å². The highest BCUT2D eigenvalue weighted by molar-refractivity contribution is 5.82. The van der Waals surface area contributed by atoms with Crippen molar-refractivity contribution in [2.24, 2.45) is 17.3 Å². The Labute approximate surface area is 198 Å². The Balaban J connectivity index is 1.12. The molecule has 0 bridgehead atoms. The number of rotatable bonds is 8. The molecule has 178 valence electrons. The van der Waals surface area contributed by atoms with Gasteiger partial charge in [-0.1, -0.05) is 55.0 Å². The number of carboxylic acid groups (broad SMARTS) is 1. The molecule has 2 fully saturated rings. The molecule has 0 heterocycles. The zero-order valence-electron chi connectivity index (χ0n) is 19.1. The first kappa shape index (κ1) is 22.4. The molecule has 3 aliphatic carbocycles. The Hall–Kier alpha value is -3.35. The smallest absolute Gasteiger partial charge is 0.407 e. The van der Waals surface area contributed by atoms with Gasteiger partial charge in [0.25, 0.3) is 0 Å². The average molecular weight is 463 g/mol. The van der Waals surface area contributed by atoms with Crippen LogP contribution in [0, 0.1) is 17.3 Å². The van der Waals surface area contributed by atoms with Crippen molar-refractivity contribution in [2.45, 2.75) is 38.0 Å². The minimum absolute atomic E-state index is 0.00661. The van der Waals surface area contributed by atoms with Gasteiger partial charge in [0.1, 0.15) is 6.61 Å². The topological polar surface area (TPSA) is 105 Å². The third kappa shape index (κ3) is 4.27. The zero-order valence-corrected chi connectivity index (χ0v) is 19.1. The van der Waals surface area contributed by atoms with Crippen LogP contribution in [-0.2, 0) is 14.3 Å². The maximum atomic E-state index is 12.7. The summed E-state index contributed by atoms with van der Waals surface area (Å²) in [5.41, 5.74) is 3.92. The summed E-state index contributed by atoms with van der Waals surface area (Å²) < 4.78 is 5.61. The summed E-state index contributed by atoms with van der Waals surface area (Å²) in [6.07, 6.45) is 3.27. The van der Waals surface area contributed by atoms with Crippen molar-refractivity contribution < 1.29 is 24.2 Å². The summed E-state index contributed by atoms with van der Waals surface area (Å²) in [6, 6.07) is 16.4. The number of alkyl carbamates (subject to hydrolysis) is 1. The average Bonchev–Trinajstić information content (AvgIpc) is 3.39. The molecule has 2 amide bonds. The van der Waals surface area contributed by atoms with E-state index < -0.39 is 17.5 Å². The number of fused-ring (bicyclic) bond motifs is 3. The Bertz CT molecular complexity index is 1060. The molecule has 3 aliphatic rings. The molecule has 2 aromatic carbocycles. The number of hydrogen-bond donors (Lipinski definition) is 3. The van der Waals surface area contributed by atoms with Crippen molar-refractivity contribution in [1.29, 1.82) is 0 Å². The molecule has 2 saturated carbocycles. The summed E-state index contributed by atoms with van der Waals surface area (Å²) >= 11 is 0. The van der Waals surface area contributed by atoms with E-state index >= 15 is 0 Å². The molecule has 0 saturated heterocycles. The van der Waals surface area contributed by atoms with Crippen LogP contribution in [0.3, 0.4) is 0 Å². The maximum Gasteiger partial charge on any atom is 0.407 e. The highest BCUT2D eigenvalue weighted by Gasteiger charge is 2.50. The Morgan fingerprint density at radius 3 is 2.21 bits per heavy atom. The van der Waals surface area contributed by atoms with E-state index in [1.54, 1.807) is 0 Å². The van der Waals surface area contributed by atoms with Gasteiger partial charge in [-0.15, -0.1) is 0 Å². The number of carbonyl (C=O) groups is 3. The van der Waals surface area contributed by atoms with Crippen molar-refractivity contribution in [2.75, 3.05) is 19.7 Å². The van der Waals surface area contributed by atoms with Crippen LogP contribution in [0.5, 0.6) is 0 Å². The van der Waals surface area contributed by atoms with Gasteiger partial charge in [-0.05, 0) is 53.9 Å². The monoisotopic (exact) mass is 462 g/mol. The van der Waals surface area contributed by atoms with Gasteiger partial charge in [-0.3, -0.25) is 9.59 Å². The lowest BCUT2D eigenvalue weighted by atomic mass is 9.94. The Morgan fingerprint density at radius 1 is 0.941 bits per heavy atom. The number of amides is 2. The first-order chi connectivity index (χ1) is 16.5. The third-order valence-corrected chi connectivity index (χ3v) is 7.76. The summed E-state index contributed by atoms with van der Waals surface area (Å²) in [5.74, 6) is -1.12. The number of aliphatic carboxylic acids is 1. The van der Waals surface area contributed by atoms with E-state index in [0.29, 0.717) is 19.4 Å². The molecule has 0 unspecified atom stereocenters. The van der Waals surface area contributed by atoms with Crippen molar-refractivity contribution in [3.8, 4) is 11.1 Å². The molecule has 0 spiro atoms. The Morgan fingerprint density at radius 2 is 1.59 bits per heavy atom. The van der Waals surface area contributed by atoms with Gasteiger partial charge < -0.3 is 20.5 Å². The fourth-order valence-electron chi connectivity index (χ4n) is 5.49. The molecule has 34 heavy (non-hydrogen) atoms. The second kappa shape index (κ2) is 9.12. The molecule has 7 heteroatoms. The van der Waals surface area contributed by atoms with E-state index in [4.69, 9.17) is 4.74 Å². The Kier molecular flexibility index (Phi) is 6.02. The predicted octanol–water partition coefficient (Wildman–Crippen LogP) is 3.92. The van der Waals surface area contributed by atoms with E-state index in [9.17, 15) is 19.5 Å². The van der Waals surface area contributed by atoms with Crippen LogP contribution in [0.4, 0.5) is 4.79 Å². The summed E-state index contributed by atoms with van der Waals surface area (Å²) in [7, 11) is 0. The molecule has 7 nitrogen and oxygen atoms in total. The van der Waals surface area contributed by atoms with Crippen LogP contribution in [0.2, 0.25) is 0 Å². The maximum absolute atomic E-state index is 12.7. The normalized spacial score (nSPS) is 21.9. The quantitative estimate of drug-likeness (QED) is 0.552. The standard InChI is InChI=1S/C27H30N2O5/c30-24(29-16-27(12-13-27)25(31)32)18-11-5-6-17(18)14-28-26(33)34-15-23-21-9-3-1-7-19(21)20-8-2-4-10-22(20)23/h1-4,7-10,17-18,23H,5-6,11-16H2,(H,28,33)(H,29,30)(H,31,32)/t17-,18-/m0/s1. The summed E-state index contributed by atoms with van der Waals surface area (Å²) in [5, 5.41) is 15.0. The minimum atomic E-state index is -0.840. The van der Waals surface area contributed by atoms with E-state index in [2.05, 4.69) is 34.9 Å². The summed E-state index contributed by atoms with van der Waals surface area (Å²) in [4.78, 5) is 36.5. The summed E-state index contributed by atoms with van der Waals surface area (Å²) in [6.45, 7) is 0.814. The molecule has 0 aliphatic heterocycles. The number of carboxylic acids is 1. The zero-order chi connectivity index (χ0) is 23.7. The van der Waals surface area contributed by atoms with E-state index in [1.165, 1.54) is 22.3 Å². The van der Waals surface area contributed by atoms with Gasteiger partial charge in [0.15, 0.2) is 0 Å². The van der Waals surface area contributed by atoms with E-state index in [1.807, 2.05) is 24.3 Å². The predicted molar refractivity (Wildman–Crippen MR) is 126 cm³/mol. The number of benzene rings is 2. The van der Waals surface area contributed by atoms with Gasteiger partial charge in [-0.2, -0.15) is 0 Å². The van der Waals surface area contributed by atoms with Crippen LogP contribution >= 0.6 is 0 Å². The minimum Gasteiger partial charge on any atom is -0.481 e. The number of ether oxygens (including phenoxy) is 1. The van der Waals surface area contributed by atoms with Crippen molar-refractivity contribution in [3.63, 3.8) is 0 Å². The fraction of sp³-hybridized carbons (Fsp3) is 0.444. The van der Waals surface area contributed by atoms with Gasteiger partial charge in [0.05, 0.1) is 5.41 Å². The van der Waals surface area contributed by atoms with Crippen molar-refractivity contribution in [1.82, 2.24) is 10.6 Å². The van der Waals surface area contributed by atoms with Crippen LogP contribution in [0.1, 0.15) is 49.1 Å². The first-order valence-electron chi connectivity index (χ1n) is 12.1. The lowest BCUT2D eigenvalue weighted by molar-refractivity contribution is -0.143. The van der Waals surface area contributed by atoms with Crippen molar-refractivity contribution >= 4 is 18.0 Å². The van der Waals surface area contributed by atoms with Crippen LogP contribution in [-0.4, -0.2) is 42.8 Å². The lowest BCUT2D eigenvalue weighted by Gasteiger charge is -2.21. The lowest BCUT2D eigenvalue weighted by Crippen LogP contribution is -2.41. The second-order valence-electron chi connectivity index (χ2n) is 9.81. The SMILES string of the molecule is O=C(NC[C@@H]1CCC[C@@H]1C(=O)NCC1(C(=O)O)CC1)OCC1c2ccccc2-c2ccccc21. The first-order valence-corrected chi connectivity index (χ1v) is 12.1. The highest BCUT2D eigenvalue weighted by atomic mass is 16.5. The third-order valence-electron chi connectivity index (χ3n) is 7.76. The molecule has 0 radical (unpaired) electrons. The van der Waals surface area contributed by atoms with E-state index in [0.717, 1.165) is 19.3 Å². The number of hydrogen-bond acceptors (Lipinski definition) is 4. The number of carbonyl (C=O) groups excluding carboxylic acids is 2. The van der Waals surface area contributed by atoms with Gasteiger partial charge in [0.2, 0.25) is 5.91 Å². The van der Waals surface area contributed by atoms with Gasteiger partial charge in [0, 0.05) is 24.9 Å². The molecular formula is C27H30N2O5. The highest BCUT2D eigenvalue weighted by Crippen LogP contribution is 2.46. The molecule has 2 atom stereocenters. The van der Waals surface area contributed by atoms with Gasteiger partial charge >= 0.3 is 12.1 Å². The van der Waals surface area contributed by atoms with Crippen molar-refractivity contribution in [3.05, 3.63) is 59.7 Å². The molecular weight excluding hydrogens is 432 g/mol. The van der Waals surface area contributed by atoms with Crippen LogP contribution in [0.25, 0.3) is 11.1 Å². The fourth-order valence-corrected chi connectivity index (χ4v) is 5.49. The molecule has 5 rings (SSSR count). The molecule has 3 N–H and O–H groups in total. The van der Waals surface area contributed by atoms with Crippen LogP contribution < -0.4 is 10.6 Å². The largest absolute Gasteiger partial charge is 0.481 e. The number of nitrogens with one attached hydrogen (secondary N) is 2.